The lowest BCUT2D eigenvalue weighted by Gasteiger charge is -2.17. The van der Waals surface area contributed by atoms with E-state index in [0.717, 1.165) is 18.8 Å². The first kappa shape index (κ1) is 14.6. The van der Waals surface area contributed by atoms with Crippen LogP contribution in [0.4, 0.5) is 0 Å². The Morgan fingerprint density at radius 1 is 1.19 bits per heavy atom. The number of para-hydroxylation sites is 1. The molecule has 0 aromatic heterocycles. The van der Waals surface area contributed by atoms with Crippen molar-refractivity contribution in [3.63, 3.8) is 0 Å². The van der Waals surface area contributed by atoms with Crippen molar-refractivity contribution < 1.29 is 24.5 Å². The zero-order valence-electron chi connectivity index (χ0n) is 11.2. The van der Waals surface area contributed by atoms with Crippen molar-refractivity contribution in [1.82, 2.24) is 4.90 Å². The van der Waals surface area contributed by atoms with Gasteiger partial charge in [0.1, 0.15) is 18.4 Å². The molecule has 6 nitrogen and oxygen atoms in total. The maximum atomic E-state index is 9.43. The molecule has 0 unspecified atom stereocenters. The quantitative estimate of drug-likeness (QED) is 0.808. The van der Waals surface area contributed by atoms with Gasteiger partial charge >= 0.3 is 11.9 Å². The molecule has 0 aliphatic carbocycles. The number of allylic oxidation sites excluding steroid dienone is 1. The van der Waals surface area contributed by atoms with E-state index in [0.29, 0.717) is 0 Å². The van der Waals surface area contributed by atoms with Gasteiger partial charge in [0.15, 0.2) is 0 Å². The second kappa shape index (κ2) is 6.60. The van der Waals surface area contributed by atoms with Gasteiger partial charge in [-0.3, -0.25) is 9.59 Å². The largest absolute Gasteiger partial charge is 0.481 e. The van der Waals surface area contributed by atoms with E-state index in [-0.39, 0.29) is 0 Å². The van der Waals surface area contributed by atoms with Crippen LogP contribution >= 0.6 is 0 Å². The number of hydrogen-bond donors (Lipinski definition) is 2. The fourth-order valence-corrected chi connectivity index (χ4v) is 1.99. The molecule has 1 aromatic rings. The summed E-state index contributed by atoms with van der Waals surface area (Å²) in [4.78, 5) is 21.2. The van der Waals surface area contributed by atoms with Crippen LogP contribution < -0.4 is 4.74 Å². The molecule has 2 aliphatic heterocycles. The van der Waals surface area contributed by atoms with Gasteiger partial charge in [-0.2, -0.15) is 0 Å². The third-order valence-electron chi connectivity index (χ3n) is 2.92. The van der Waals surface area contributed by atoms with Gasteiger partial charge in [0, 0.05) is 18.7 Å². The Kier molecular flexibility index (Phi) is 4.61. The third kappa shape index (κ3) is 4.10. The molecule has 0 bridgehead atoms. The van der Waals surface area contributed by atoms with Gasteiger partial charge in [-0.15, -0.1) is 0 Å². The topological polar surface area (TPSA) is 87.1 Å². The summed E-state index contributed by atoms with van der Waals surface area (Å²) in [6.45, 7) is 1.93. The Morgan fingerprint density at radius 2 is 1.90 bits per heavy atom. The summed E-state index contributed by atoms with van der Waals surface area (Å²) in [6, 6.07) is 8.18. The van der Waals surface area contributed by atoms with Crippen molar-refractivity contribution in [2.24, 2.45) is 0 Å². The van der Waals surface area contributed by atoms with Crippen LogP contribution in [0.15, 0.2) is 48.4 Å². The van der Waals surface area contributed by atoms with E-state index in [9.17, 15) is 9.59 Å². The molecule has 0 spiro atoms. The predicted molar refractivity (Wildman–Crippen MR) is 74.6 cm³/mol. The third-order valence-corrected chi connectivity index (χ3v) is 2.92. The van der Waals surface area contributed by atoms with Crippen LogP contribution in [0.1, 0.15) is 12.0 Å². The lowest BCUT2D eigenvalue weighted by Crippen LogP contribution is -2.16. The number of hydrogen-bond acceptors (Lipinski definition) is 4. The summed E-state index contributed by atoms with van der Waals surface area (Å²) >= 11 is 0. The second-order valence-electron chi connectivity index (χ2n) is 4.52. The molecular formula is C15H15NO5. The van der Waals surface area contributed by atoms with Crippen molar-refractivity contribution in [3.8, 4) is 5.75 Å². The van der Waals surface area contributed by atoms with E-state index in [2.05, 4.69) is 29.2 Å². The zero-order valence-corrected chi connectivity index (χ0v) is 11.2. The van der Waals surface area contributed by atoms with Crippen molar-refractivity contribution in [2.75, 3.05) is 6.54 Å². The van der Waals surface area contributed by atoms with E-state index < -0.39 is 18.4 Å². The average molecular weight is 289 g/mol. The average Bonchev–Trinajstić information content (AvgIpc) is 2.77. The van der Waals surface area contributed by atoms with Crippen LogP contribution in [-0.4, -0.2) is 33.6 Å². The van der Waals surface area contributed by atoms with Crippen molar-refractivity contribution in [1.29, 1.82) is 0 Å². The SMILES string of the molecule is C1=CC2=COc3ccccc3CN2C1.O=C(O)CC(=O)O. The van der Waals surface area contributed by atoms with Crippen LogP contribution in [0, 0.1) is 0 Å². The molecule has 0 saturated carbocycles. The molecule has 110 valence electrons. The van der Waals surface area contributed by atoms with Gasteiger partial charge in [0.2, 0.25) is 0 Å². The van der Waals surface area contributed by atoms with Crippen molar-refractivity contribution in [3.05, 3.63) is 53.9 Å². The Morgan fingerprint density at radius 3 is 2.57 bits per heavy atom. The minimum absolute atomic E-state index is 0.806. The van der Waals surface area contributed by atoms with E-state index in [1.165, 1.54) is 11.3 Å². The number of carboxylic acid groups (broad SMARTS) is 2. The number of benzene rings is 1. The highest BCUT2D eigenvalue weighted by molar-refractivity contribution is 5.88. The minimum Gasteiger partial charge on any atom is -0.481 e. The maximum Gasteiger partial charge on any atom is 0.314 e. The smallest absolute Gasteiger partial charge is 0.314 e. The number of aliphatic carboxylic acids is 2. The zero-order chi connectivity index (χ0) is 15.2. The van der Waals surface area contributed by atoms with Crippen LogP contribution in [0.3, 0.4) is 0 Å². The number of ether oxygens (including phenoxy) is 1. The van der Waals surface area contributed by atoms with Gasteiger partial charge in [-0.25, -0.2) is 0 Å². The Hall–Kier alpha value is -2.76. The van der Waals surface area contributed by atoms with Crippen LogP contribution in [0.25, 0.3) is 0 Å². The first-order valence-electron chi connectivity index (χ1n) is 6.36. The molecule has 0 radical (unpaired) electrons. The fraction of sp³-hybridized carbons (Fsp3) is 0.200. The molecule has 2 heterocycles. The molecule has 0 amide bonds. The second-order valence-corrected chi connectivity index (χ2v) is 4.52. The number of fused-ring (bicyclic) bond motifs is 2. The van der Waals surface area contributed by atoms with Gasteiger partial charge in [-0.05, 0) is 12.1 Å². The van der Waals surface area contributed by atoms with E-state index in [1.54, 1.807) is 0 Å². The standard InChI is InChI=1S/C12H11NO.C3H4O4/c1-2-6-12-10(4-1)8-13-7-3-5-11(13)9-14-12;4-2(5)1-3(6)7/h1-6,9H,7-8H2;1H2,(H,4,5)(H,6,7). The van der Waals surface area contributed by atoms with Gasteiger partial charge in [0.05, 0.1) is 5.70 Å². The summed E-state index contributed by atoms with van der Waals surface area (Å²) in [5, 5.41) is 15.4. The predicted octanol–water partition coefficient (Wildman–Crippen LogP) is 1.84. The van der Waals surface area contributed by atoms with Crippen LogP contribution in [0.5, 0.6) is 5.75 Å². The van der Waals surface area contributed by atoms with Crippen molar-refractivity contribution >= 4 is 11.9 Å². The molecule has 21 heavy (non-hydrogen) atoms. The molecule has 3 rings (SSSR count). The van der Waals surface area contributed by atoms with Gasteiger partial charge < -0.3 is 19.8 Å². The first-order chi connectivity index (χ1) is 10.1. The first-order valence-corrected chi connectivity index (χ1v) is 6.36. The van der Waals surface area contributed by atoms with Crippen molar-refractivity contribution in [2.45, 2.75) is 13.0 Å². The van der Waals surface area contributed by atoms with Crippen LogP contribution in [0.2, 0.25) is 0 Å². The highest BCUT2D eigenvalue weighted by Gasteiger charge is 2.17. The molecule has 0 saturated heterocycles. The fourth-order valence-electron chi connectivity index (χ4n) is 1.99. The van der Waals surface area contributed by atoms with Gasteiger partial charge in [0.25, 0.3) is 0 Å². The highest BCUT2D eigenvalue weighted by Crippen LogP contribution is 2.27. The molecule has 1 aromatic carbocycles. The molecule has 2 aliphatic rings. The highest BCUT2D eigenvalue weighted by atomic mass is 16.5. The normalized spacial score (nSPS) is 14.7. The molecule has 0 atom stereocenters. The van der Waals surface area contributed by atoms with E-state index in [1.807, 2.05) is 18.4 Å². The number of nitrogens with zero attached hydrogens (tertiary/aromatic N) is 1. The molecule has 2 N–H and O–H groups in total. The van der Waals surface area contributed by atoms with E-state index >= 15 is 0 Å². The number of rotatable bonds is 2. The van der Waals surface area contributed by atoms with Crippen LogP contribution in [-0.2, 0) is 16.1 Å². The minimum atomic E-state index is -1.31. The Bertz CT molecular complexity index is 594. The van der Waals surface area contributed by atoms with Gasteiger partial charge in [-0.1, -0.05) is 24.3 Å². The number of carboxylic acids is 2. The van der Waals surface area contributed by atoms with E-state index in [4.69, 9.17) is 14.9 Å². The summed E-state index contributed by atoms with van der Waals surface area (Å²) < 4.78 is 5.61. The number of carbonyl (C=O) groups is 2. The summed E-state index contributed by atoms with van der Waals surface area (Å²) in [6.07, 6.45) is 5.28. The summed E-state index contributed by atoms with van der Waals surface area (Å²) in [5.74, 6) is -1.65. The Balaban J connectivity index is 0.000000199. The summed E-state index contributed by atoms with van der Waals surface area (Å²) in [5.41, 5.74) is 2.42. The molecular weight excluding hydrogens is 274 g/mol. The lowest BCUT2D eigenvalue weighted by molar-refractivity contribution is -0.147. The monoisotopic (exact) mass is 289 g/mol. The Labute approximate surface area is 121 Å². The molecule has 6 heteroatoms. The maximum absolute atomic E-state index is 9.43. The summed E-state index contributed by atoms with van der Waals surface area (Å²) in [7, 11) is 0. The molecule has 0 fully saturated rings. The lowest BCUT2D eigenvalue weighted by atomic mass is 10.2.